The summed E-state index contributed by atoms with van der Waals surface area (Å²) in [6.07, 6.45) is 2.07. The number of rotatable bonds is 4. The third-order valence-electron chi connectivity index (χ3n) is 5.11. The highest BCUT2D eigenvalue weighted by atomic mass is 35.5. The predicted octanol–water partition coefficient (Wildman–Crippen LogP) is 1.87. The molecule has 0 bridgehead atoms. The Hall–Kier alpha value is -1.15. The van der Waals surface area contributed by atoms with Gasteiger partial charge in [0, 0.05) is 24.7 Å². The molecule has 2 aliphatic heterocycles. The summed E-state index contributed by atoms with van der Waals surface area (Å²) in [5.74, 6) is 1.34. The Morgan fingerprint density at radius 2 is 1.65 bits per heavy atom. The molecule has 146 valence electrons. The maximum Gasteiger partial charge on any atom is 0.253 e. The van der Waals surface area contributed by atoms with Crippen molar-refractivity contribution in [3.05, 3.63) is 29.8 Å². The standard InChI is InChI=1S/C18H27N3O3S.ClH/c1-13(2)20-25(23,24)17-5-3-14(4-6-17)18(22)21-9-7-15-11-19-12-16(15)8-10-21;/h3-6,13,15-16,19-20H,7-12H2,1-2H3;1H/t15-,16+;. The number of carbonyl (C=O) groups excluding carboxylic acids is 1. The van der Waals surface area contributed by atoms with Crippen LogP contribution in [0.25, 0.3) is 0 Å². The number of sulfonamides is 1. The van der Waals surface area contributed by atoms with Gasteiger partial charge in [-0.1, -0.05) is 0 Å². The molecule has 8 heteroatoms. The summed E-state index contributed by atoms with van der Waals surface area (Å²) >= 11 is 0. The molecular formula is C18H28ClN3O3S. The number of amides is 1. The largest absolute Gasteiger partial charge is 0.339 e. The van der Waals surface area contributed by atoms with Crippen LogP contribution in [0.15, 0.2) is 29.2 Å². The number of nitrogens with zero attached hydrogens (tertiary/aromatic N) is 1. The molecule has 0 aliphatic carbocycles. The number of likely N-dealkylation sites (tertiary alicyclic amines) is 1. The fourth-order valence-corrected chi connectivity index (χ4v) is 5.01. The van der Waals surface area contributed by atoms with Crippen LogP contribution in [-0.2, 0) is 10.0 Å². The second-order valence-electron chi connectivity index (χ2n) is 7.35. The Morgan fingerprint density at radius 1 is 1.12 bits per heavy atom. The summed E-state index contributed by atoms with van der Waals surface area (Å²) in [6.45, 7) is 7.22. The smallest absolute Gasteiger partial charge is 0.253 e. The highest BCUT2D eigenvalue weighted by molar-refractivity contribution is 7.89. The van der Waals surface area contributed by atoms with Crippen LogP contribution in [0, 0.1) is 11.8 Å². The van der Waals surface area contributed by atoms with Crippen molar-refractivity contribution in [1.29, 1.82) is 0 Å². The predicted molar refractivity (Wildman–Crippen MR) is 104 cm³/mol. The molecule has 0 radical (unpaired) electrons. The molecule has 0 spiro atoms. The molecule has 2 aliphatic rings. The number of hydrogen-bond acceptors (Lipinski definition) is 4. The normalized spacial score (nSPS) is 23.3. The van der Waals surface area contributed by atoms with Crippen molar-refractivity contribution >= 4 is 28.3 Å². The van der Waals surface area contributed by atoms with E-state index in [4.69, 9.17) is 0 Å². The number of benzene rings is 1. The van der Waals surface area contributed by atoms with Gasteiger partial charge in [-0.15, -0.1) is 12.4 Å². The van der Waals surface area contributed by atoms with Crippen molar-refractivity contribution in [2.75, 3.05) is 26.2 Å². The van der Waals surface area contributed by atoms with Crippen LogP contribution in [0.5, 0.6) is 0 Å². The summed E-state index contributed by atoms with van der Waals surface area (Å²) in [5, 5.41) is 3.44. The average Bonchev–Trinajstić information content (AvgIpc) is 2.92. The van der Waals surface area contributed by atoms with Gasteiger partial charge in [0.2, 0.25) is 10.0 Å². The Morgan fingerprint density at radius 3 is 2.15 bits per heavy atom. The first kappa shape index (κ1) is 21.2. The molecular weight excluding hydrogens is 374 g/mol. The zero-order valence-electron chi connectivity index (χ0n) is 15.3. The first-order valence-electron chi connectivity index (χ1n) is 8.99. The van der Waals surface area contributed by atoms with E-state index in [-0.39, 0.29) is 29.3 Å². The van der Waals surface area contributed by atoms with E-state index in [0.29, 0.717) is 17.4 Å². The first-order chi connectivity index (χ1) is 11.9. The van der Waals surface area contributed by atoms with Crippen molar-refractivity contribution in [1.82, 2.24) is 14.9 Å². The fraction of sp³-hybridized carbons (Fsp3) is 0.611. The summed E-state index contributed by atoms with van der Waals surface area (Å²) in [7, 11) is -3.52. The molecule has 1 aromatic carbocycles. The lowest BCUT2D eigenvalue weighted by Gasteiger charge is -2.21. The topological polar surface area (TPSA) is 78.5 Å². The van der Waals surface area contributed by atoms with E-state index in [1.165, 1.54) is 12.1 Å². The zero-order valence-corrected chi connectivity index (χ0v) is 16.9. The Bertz CT molecular complexity index is 708. The molecule has 0 unspecified atom stereocenters. The number of fused-ring (bicyclic) bond motifs is 1. The van der Waals surface area contributed by atoms with Crippen molar-refractivity contribution < 1.29 is 13.2 Å². The summed E-state index contributed by atoms with van der Waals surface area (Å²) in [5.41, 5.74) is 0.550. The van der Waals surface area contributed by atoms with Gasteiger partial charge in [0.15, 0.2) is 0 Å². The average molecular weight is 402 g/mol. The monoisotopic (exact) mass is 401 g/mol. The van der Waals surface area contributed by atoms with Crippen LogP contribution < -0.4 is 10.0 Å². The van der Waals surface area contributed by atoms with Crippen molar-refractivity contribution in [3.63, 3.8) is 0 Å². The maximum absolute atomic E-state index is 12.8. The minimum Gasteiger partial charge on any atom is -0.339 e. The van der Waals surface area contributed by atoms with E-state index >= 15 is 0 Å². The van der Waals surface area contributed by atoms with Gasteiger partial charge in [-0.25, -0.2) is 13.1 Å². The third-order valence-corrected chi connectivity index (χ3v) is 6.78. The van der Waals surface area contributed by atoms with Crippen molar-refractivity contribution in [3.8, 4) is 0 Å². The van der Waals surface area contributed by atoms with Crippen molar-refractivity contribution in [2.24, 2.45) is 11.8 Å². The molecule has 26 heavy (non-hydrogen) atoms. The molecule has 1 aromatic rings. The maximum atomic E-state index is 12.8. The van der Waals surface area contributed by atoms with E-state index in [1.54, 1.807) is 26.0 Å². The highest BCUT2D eigenvalue weighted by Crippen LogP contribution is 2.27. The summed E-state index contributed by atoms with van der Waals surface area (Å²) in [6, 6.07) is 6.08. The third kappa shape index (κ3) is 4.76. The molecule has 3 rings (SSSR count). The van der Waals surface area contributed by atoms with Gasteiger partial charge >= 0.3 is 0 Å². The fourth-order valence-electron chi connectivity index (χ4n) is 3.76. The minimum absolute atomic E-state index is 0. The molecule has 2 heterocycles. The van der Waals surface area contributed by atoms with Crippen LogP contribution in [0.3, 0.4) is 0 Å². The second kappa shape index (κ2) is 8.69. The van der Waals surface area contributed by atoms with E-state index in [0.717, 1.165) is 39.0 Å². The van der Waals surface area contributed by atoms with Crippen LogP contribution >= 0.6 is 12.4 Å². The lowest BCUT2D eigenvalue weighted by molar-refractivity contribution is 0.0758. The molecule has 2 fully saturated rings. The SMILES string of the molecule is CC(C)NS(=O)(=O)c1ccc(C(=O)N2CC[C@@H]3CNC[C@@H]3CC2)cc1.Cl. The molecule has 1 amide bonds. The van der Waals surface area contributed by atoms with E-state index in [9.17, 15) is 13.2 Å². The second-order valence-corrected chi connectivity index (χ2v) is 9.06. The Balaban J connectivity index is 0.00000243. The lowest BCUT2D eigenvalue weighted by atomic mass is 9.92. The molecule has 2 atom stereocenters. The van der Waals surface area contributed by atoms with Gasteiger partial charge in [0.1, 0.15) is 0 Å². The summed E-state index contributed by atoms with van der Waals surface area (Å²) < 4.78 is 26.9. The number of nitrogens with one attached hydrogen (secondary N) is 2. The van der Waals surface area contributed by atoms with Gasteiger partial charge in [-0.2, -0.15) is 0 Å². The molecule has 0 aromatic heterocycles. The highest BCUT2D eigenvalue weighted by Gasteiger charge is 2.31. The van der Waals surface area contributed by atoms with E-state index < -0.39 is 10.0 Å². The van der Waals surface area contributed by atoms with Gasteiger partial charge in [-0.3, -0.25) is 4.79 Å². The molecule has 2 saturated heterocycles. The van der Waals surface area contributed by atoms with E-state index in [2.05, 4.69) is 10.0 Å². The van der Waals surface area contributed by atoms with Crippen LogP contribution in [0.4, 0.5) is 0 Å². The Kier molecular flexibility index (Phi) is 7.07. The van der Waals surface area contributed by atoms with Crippen LogP contribution in [0.1, 0.15) is 37.0 Å². The Labute approximate surface area is 162 Å². The number of hydrogen-bond donors (Lipinski definition) is 2. The molecule has 2 N–H and O–H groups in total. The van der Waals surface area contributed by atoms with E-state index in [1.807, 2.05) is 4.90 Å². The van der Waals surface area contributed by atoms with Gasteiger partial charge in [0.05, 0.1) is 4.90 Å². The van der Waals surface area contributed by atoms with Gasteiger partial charge in [-0.05, 0) is 75.9 Å². The van der Waals surface area contributed by atoms with Gasteiger partial charge in [0.25, 0.3) is 5.91 Å². The quantitative estimate of drug-likeness (QED) is 0.807. The lowest BCUT2D eigenvalue weighted by Crippen LogP contribution is -2.33. The molecule has 0 saturated carbocycles. The number of carbonyl (C=O) groups is 1. The zero-order chi connectivity index (χ0) is 18.0. The first-order valence-corrected chi connectivity index (χ1v) is 10.5. The van der Waals surface area contributed by atoms with Gasteiger partial charge < -0.3 is 10.2 Å². The van der Waals surface area contributed by atoms with Crippen molar-refractivity contribution in [2.45, 2.75) is 37.6 Å². The minimum atomic E-state index is -3.52. The number of halogens is 1. The summed E-state index contributed by atoms with van der Waals surface area (Å²) in [4.78, 5) is 14.9. The molecule has 6 nitrogen and oxygen atoms in total. The van der Waals surface area contributed by atoms with Crippen LogP contribution in [-0.4, -0.2) is 51.4 Å². The van der Waals surface area contributed by atoms with Crippen LogP contribution in [0.2, 0.25) is 0 Å².